The number of rotatable bonds is 23. The van der Waals surface area contributed by atoms with Crippen LogP contribution in [-0.4, -0.2) is 155 Å². The summed E-state index contributed by atoms with van der Waals surface area (Å²) in [5.41, 5.74) is 14.4. The summed E-state index contributed by atoms with van der Waals surface area (Å²) in [6.07, 6.45) is 23.6. The fourth-order valence-corrected chi connectivity index (χ4v) is 18.7. The molecule has 4 atom stereocenters. The maximum Gasteiger partial charge on any atom is 0.299 e. The van der Waals surface area contributed by atoms with Gasteiger partial charge in [-0.15, -0.1) is 0 Å². The highest BCUT2D eigenvalue weighted by Gasteiger charge is 2.39. The summed E-state index contributed by atoms with van der Waals surface area (Å²) in [6, 6.07) is 47.7. The van der Waals surface area contributed by atoms with Crippen LogP contribution in [0.25, 0.3) is 67.1 Å². The number of fused-ring (bicyclic) bond motifs is 4. The molecule has 20 rings (SSSR count). The number of aryl methyl sites for hydroxylation is 5. The van der Waals surface area contributed by atoms with Gasteiger partial charge < -0.3 is 57.5 Å². The van der Waals surface area contributed by atoms with Crippen molar-refractivity contribution in [1.82, 2.24) is 77.1 Å². The highest BCUT2D eigenvalue weighted by molar-refractivity contribution is 5.94. The van der Waals surface area contributed by atoms with Crippen molar-refractivity contribution in [2.24, 2.45) is 0 Å². The molecule has 8 aromatic heterocycles. The van der Waals surface area contributed by atoms with E-state index in [1.807, 2.05) is 115 Å². The van der Waals surface area contributed by atoms with Gasteiger partial charge in [-0.05, 0) is 263 Å². The molecule has 4 amide bonds. The number of imidazole rings is 4. The lowest BCUT2D eigenvalue weighted by molar-refractivity contribution is -0.127. The molecule has 0 unspecified atom stereocenters. The lowest BCUT2D eigenvalue weighted by atomic mass is 10.1. The third kappa shape index (κ3) is 19.4. The predicted molar refractivity (Wildman–Crippen MR) is 528 cm³/mol. The first kappa shape index (κ1) is 96.7. The molecule has 28 nitrogen and oxygen atoms in total. The van der Waals surface area contributed by atoms with Crippen LogP contribution in [0.1, 0.15) is 134 Å². The number of ether oxygens (including phenoxy) is 8. The van der Waals surface area contributed by atoms with Crippen LogP contribution in [0.15, 0.2) is 251 Å². The van der Waals surface area contributed by atoms with Gasteiger partial charge in [-0.25, -0.2) is 19.9 Å². The van der Waals surface area contributed by atoms with Crippen LogP contribution in [0.3, 0.4) is 0 Å². The molecule has 4 fully saturated rings. The van der Waals surface area contributed by atoms with Crippen molar-refractivity contribution >= 4 is 45.7 Å². The summed E-state index contributed by atoms with van der Waals surface area (Å²) in [6.45, 7) is 25.1. The Morgan fingerprint density at radius 2 is 0.669 bits per heavy atom. The number of nitrogens with zero attached hydrogens (tertiary/aromatic N) is 16. The third-order valence-electron chi connectivity index (χ3n) is 25.4. The van der Waals surface area contributed by atoms with E-state index in [2.05, 4.69) is 64.7 Å². The zero-order valence-electron chi connectivity index (χ0n) is 79.9. The lowest BCUT2D eigenvalue weighted by Gasteiger charge is -2.23. The fraction of sp³-hybridized carbons (Fsp3) is 0.236. The Hall–Kier alpha value is -17.0. The molecule has 0 radical (unpaired) electrons. The second-order valence-electron chi connectivity index (χ2n) is 34.0. The van der Waals surface area contributed by atoms with Gasteiger partial charge in [-0.2, -0.15) is 17.6 Å². The molecular formula is C110H102F4N16O12. The highest BCUT2D eigenvalue weighted by atomic mass is 19.1. The SMILES string of the molecule is C=CC(=O)N1CCC[C@H]1c1nc(-c2ccc(Oc3cccc(OC)c3F)cc2)c2c(C)ncc(C)n12.C=CC(=O)N1CCC[C@H]1c1nc(-c2ccc(Oc3cccc(OC)c3F)cc2)c2c(C)nccn12.C=CC(=O)N1CCC[C@H]1c1nc(-c2ccc(Oc3cccc(OC)c3F)cc2)c2cncc(C)n12.CC#CC(=O)N1CCC[C@H]1c1nc(-c2ccc(Oc3cccc(OC)c3F)cc2)c2cncc(C)n12. The Labute approximate surface area is 816 Å². The highest BCUT2D eigenvalue weighted by Crippen LogP contribution is 2.45. The molecule has 0 aliphatic carbocycles. The zero-order chi connectivity index (χ0) is 99.7. The molecule has 4 saturated heterocycles. The van der Waals surface area contributed by atoms with Crippen LogP contribution in [0.2, 0.25) is 0 Å². The Bertz CT molecular complexity index is 7560. The minimum Gasteiger partial charge on any atom is -0.494 e. The number of benzene rings is 8. The largest absolute Gasteiger partial charge is 0.494 e. The van der Waals surface area contributed by atoms with E-state index in [-0.39, 0.29) is 93.8 Å². The average molecular weight is 1920 g/mol. The van der Waals surface area contributed by atoms with Gasteiger partial charge >= 0.3 is 0 Å². The normalized spacial score (nSPS) is 15.3. The molecule has 0 N–H and O–H groups in total. The van der Waals surface area contributed by atoms with Crippen molar-refractivity contribution < 1.29 is 74.6 Å². The van der Waals surface area contributed by atoms with Gasteiger partial charge in [0.15, 0.2) is 46.0 Å². The molecule has 0 saturated carbocycles. The van der Waals surface area contributed by atoms with E-state index in [1.165, 1.54) is 64.9 Å². The first-order chi connectivity index (χ1) is 69.0. The Kier molecular flexibility index (Phi) is 29.0. The summed E-state index contributed by atoms with van der Waals surface area (Å²) >= 11 is 0. The second-order valence-corrected chi connectivity index (χ2v) is 34.0. The molecule has 722 valence electrons. The fourth-order valence-electron chi connectivity index (χ4n) is 18.7. The van der Waals surface area contributed by atoms with Gasteiger partial charge in [-0.1, -0.05) is 49.9 Å². The Balaban J connectivity index is 0.000000130. The quantitative estimate of drug-likeness (QED) is 0.0327. The van der Waals surface area contributed by atoms with Gasteiger partial charge in [0.2, 0.25) is 41.0 Å². The van der Waals surface area contributed by atoms with Crippen LogP contribution in [-0.2, 0) is 19.2 Å². The topological polar surface area (TPSA) is 276 Å². The van der Waals surface area contributed by atoms with Crippen LogP contribution in [0, 0.1) is 69.7 Å². The number of hydrogen-bond donors (Lipinski definition) is 0. The van der Waals surface area contributed by atoms with E-state index in [1.54, 1.807) is 146 Å². The van der Waals surface area contributed by atoms with E-state index < -0.39 is 23.3 Å². The van der Waals surface area contributed by atoms with Gasteiger partial charge in [0.25, 0.3) is 5.91 Å². The Morgan fingerprint density at radius 1 is 0.366 bits per heavy atom. The van der Waals surface area contributed by atoms with Crippen molar-refractivity contribution in [2.75, 3.05) is 54.6 Å². The minimum absolute atomic E-state index is 0.0813. The summed E-state index contributed by atoms with van der Waals surface area (Å²) < 4.78 is 109. The first-order valence-electron chi connectivity index (χ1n) is 46.3. The van der Waals surface area contributed by atoms with Crippen molar-refractivity contribution in [3.05, 3.63) is 326 Å². The molecule has 16 aromatic rings. The third-order valence-corrected chi connectivity index (χ3v) is 25.4. The lowest BCUT2D eigenvalue weighted by Crippen LogP contribution is -2.30. The number of hydrogen-bond acceptors (Lipinski definition) is 20. The van der Waals surface area contributed by atoms with E-state index >= 15 is 0 Å². The monoisotopic (exact) mass is 1910 g/mol. The minimum atomic E-state index is -0.557. The van der Waals surface area contributed by atoms with Gasteiger partial charge in [0.05, 0.1) is 121 Å². The van der Waals surface area contributed by atoms with E-state index in [9.17, 15) is 36.7 Å². The number of amides is 4. The van der Waals surface area contributed by atoms with Crippen molar-refractivity contribution in [3.63, 3.8) is 0 Å². The summed E-state index contributed by atoms with van der Waals surface area (Å²) in [5, 5.41) is 0. The first-order valence-corrected chi connectivity index (χ1v) is 46.3. The molecule has 4 aliphatic rings. The van der Waals surface area contributed by atoms with Crippen molar-refractivity contribution in [3.8, 4) is 126 Å². The van der Waals surface area contributed by atoms with Crippen LogP contribution < -0.4 is 37.9 Å². The molecule has 4 aliphatic heterocycles. The average Bonchev–Trinajstić information content (AvgIpc) is 1.56. The van der Waals surface area contributed by atoms with E-state index in [4.69, 9.17) is 57.8 Å². The molecule has 0 spiro atoms. The van der Waals surface area contributed by atoms with Crippen molar-refractivity contribution in [1.29, 1.82) is 0 Å². The zero-order valence-corrected chi connectivity index (χ0v) is 79.9. The molecule has 12 heterocycles. The van der Waals surface area contributed by atoms with E-state index in [0.29, 0.717) is 49.2 Å². The second kappa shape index (κ2) is 42.6. The van der Waals surface area contributed by atoms with Crippen LogP contribution in [0.5, 0.6) is 69.0 Å². The predicted octanol–water partition coefficient (Wildman–Crippen LogP) is 22.1. The van der Waals surface area contributed by atoms with Gasteiger partial charge in [-0.3, -0.25) is 56.7 Å². The van der Waals surface area contributed by atoms with Crippen LogP contribution in [0.4, 0.5) is 17.6 Å². The maximum absolute atomic E-state index is 14.5. The van der Waals surface area contributed by atoms with E-state index in [0.717, 1.165) is 170 Å². The number of halogens is 4. The van der Waals surface area contributed by atoms with Crippen molar-refractivity contribution in [2.45, 2.75) is 117 Å². The molecular weight excluding hydrogens is 1810 g/mol. The number of aromatic nitrogens is 12. The maximum atomic E-state index is 14.5. The van der Waals surface area contributed by atoms with Gasteiger partial charge in [0.1, 0.15) is 46.3 Å². The number of carbonyl (C=O) groups excluding carboxylic acids is 4. The molecule has 142 heavy (non-hydrogen) atoms. The Morgan fingerprint density at radius 3 is 1.03 bits per heavy atom. The molecule has 32 heteroatoms. The smallest absolute Gasteiger partial charge is 0.299 e. The standard InChI is InChI=1S/C28H27FN4O3.C28H25FN4O3.2C27H25FN4O3/c1-5-24(34)32-15-7-8-21(32)28-31-26(27-18(3)30-16-17(2)33(27)28)19-11-13-20(14-12-19)36-23-10-6-9-22(35-4)25(23)29;1-4-7-25(34)32-15-6-8-21(32)28-31-27(22-17-30-16-18(2)33(22)28)19-11-13-20(14-12-19)36-24-10-5-9-23(35-3)26(24)29;1-4-23(33)31-15-6-7-20(31)27-30-25(26-17(2)29-14-16-32(26)27)18-10-12-19(13-11-18)35-22-9-5-8-21(34-3)24(22)28;1-4-24(33)31-14-6-7-20(31)27-30-26(21-16-29-15-17(2)32(21)27)18-10-12-19(13-11-18)35-23-9-5-8-22(34-3)25(23)28/h5-6,9-14,16,21H,1,7-8,15H2,2-4H3;5,9-14,16-17,21H,6,8,15H2,1-3H3;4-5,8-14,16,20H,1,6-7,15H2,2-3H3;4-5,8-13,15-16,20H,1,6-7,14H2,2-3H3/t2*21-;2*20-/m0000/s1. The molecule has 8 aromatic carbocycles. The summed E-state index contributed by atoms with van der Waals surface area (Å²) in [5.74, 6) is 8.65. The van der Waals surface area contributed by atoms with Crippen LogP contribution >= 0.6 is 0 Å². The number of likely N-dealkylation sites (tertiary alicyclic amines) is 4. The summed E-state index contributed by atoms with van der Waals surface area (Å²) in [4.78, 5) is 95.2. The number of methoxy groups -OCH3 is 4. The number of carbonyl (C=O) groups is 4. The molecule has 0 bridgehead atoms. The summed E-state index contributed by atoms with van der Waals surface area (Å²) in [7, 11) is 5.65. The van der Waals surface area contributed by atoms with Gasteiger partial charge in [0, 0.05) is 96.5 Å².